The lowest BCUT2D eigenvalue weighted by Crippen LogP contribution is -2.28. The van der Waals surface area contributed by atoms with Crippen LogP contribution in [0.25, 0.3) is 0 Å². The molecular formula is C8H11IO4. The smallest absolute Gasteiger partial charge is 0.321 e. The first kappa shape index (κ1) is 12.4. The van der Waals surface area contributed by atoms with Crippen LogP contribution in [0.2, 0.25) is 0 Å². The molecular weight excluding hydrogens is 287 g/mol. The predicted octanol–water partition coefficient (Wildman–Crippen LogP) is 0.940. The summed E-state index contributed by atoms with van der Waals surface area (Å²) in [5, 5.41) is 0. The summed E-state index contributed by atoms with van der Waals surface area (Å²) in [7, 11) is 1.24. The third kappa shape index (κ3) is 4.25. The summed E-state index contributed by atoms with van der Waals surface area (Å²) in [6, 6.07) is 0. The normalized spacial score (nSPS) is 11.5. The number of ether oxygens (including phenoxy) is 2. The van der Waals surface area contributed by atoms with Gasteiger partial charge in [-0.15, -0.1) is 0 Å². The van der Waals surface area contributed by atoms with Gasteiger partial charge >= 0.3 is 11.9 Å². The van der Waals surface area contributed by atoms with E-state index >= 15 is 0 Å². The lowest BCUT2D eigenvalue weighted by Gasteiger charge is -2.09. The molecule has 4 nitrogen and oxygen atoms in total. The molecule has 0 spiro atoms. The molecule has 0 amide bonds. The molecule has 0 heterocycles. The van der Waals surface area contributed by atoms with Crippen molar-refractivity contribution >= 4 is 34.5 Å². The molecule has 0 saturated carbocycles. The van der Waals surface area contributed by atoms with Gasteiger partial charge in [-0.2, -0.15) is 0 Å². The summed E-state index contributed by atoms with van der Waals surface area (Å²) in [6.45, 7) is 3.50. The molecule has 0 aliphatic carbocycles. The molecule has 0 fully saturated rings. The number of hydrogen-bond donors (Lipinski definition) is 0. The molecule has 0 saturated heterocycles. The van der Waals surface area contributed by atoms with Gasteiger partial charge in [-0.05, 0) is 0 Å². The summed E-state index contributed by atoms with van der Waals surface area (Å²) in [5.41, 5.74) is 0. The summed E-state index contributed by atoms with van der Waals surface area (Å²) in [6.07, 6.45) is 1.44. The van der Waals surface area contributed by atoms with E-state index in [4.69, 9.17) is 4.74 Å². The van der Waals surface area contributed by atoms with E-state index in [2.05, 4.69) is 11.3 Å². The Morgan fingerprint density at radius 2 is 2.15 bits per heavy atom. The van der Waals surface area contributed by atoms with E-state index in [9.17, 15) is 9.59 Å². The monoisotopic (exact) mass is 298 g/mol. The predicted molar refractivity (Wildman–Crippen MR) is 55.5 cm³/mol. The van der Waals surface area contributed by atoms with Crippen molar-refractivity contribution in [1.82, 2.24) is 0 Å². The zero-order chi connectivity index (χ0) is 10.3. The third-order valence-corrected chi connectivity index (χ3v) is 2.15. The summed E-state index contributed by atoms with van der Waals surface area (Å²) in [4.78, 5) is 22.2. The largest absolute Gasteiger partial charge is 0.468 e. The van der Waals surface area contributed by atoms with Gasteiger partial charge in [0.2, 0.25) is 0 Å². The Kier molecular flexibility index (Phi) is 6.56. The fraction of sp³-hybridized carbons (Fsp3) is 0.500. The van der Waals surface area contributed by atoms with Gasteiger partial charge in [0.05, 0.1) is 7.11 Å². The molecule has 13 heavy (non-hydrogen) atoms. The maximum absolute atomic E-state index is 11.2. The highest BCUT2D eigenvalue weighted by Gasteiger charge is 2.27. The number of methoxy groups -OCH3 is 1. The van der Waals surface area contributed by atoms with E-state index < -0.39 is 17.9 Å². The Balaban J connectivity index is 4.14. The standard InChI is InChI=1S/C8H11IO4/c1-3-4-13-8(11)6(5-9)7(10)12-2/h3,6H,1,4-5H2,2H3. The van der Waals surface area contributed by atoms with E-state index in [0.717, 1.165) is 0 Å². The number of esters is 2. The van der Waals surface area contributed by atoms with Crippen molar-refractivity contribution in [3.05, 3.63) is 12.7 Å². The highest BCUT2D eigenvalue weighted by Crippen LogP contribution is 2.06. The molecule has 1 unspecified atom stereocenters. The lowest BCUT2D eigenvalue weighted by molar-refractivity contribution is -0.158. The molecule has 0 aliphatic rings. The van der Waals surface area contributed by atoms with Crippen LogP contribution in [0.5, 0.6) is 0 Å². The molecule has 0 N–H and O–H groups in total. The first-order valence-corrected chi connectivity index (χ1v) is 5.11. The van der Waals surface area contributed by atoms with Crippen molar-refractivity contribution in [2.24, 2.45) is 5.92 Å². The van der Waals surface area contributed by atoms with Crippen molar-refractivity contribution in [3.8, 4) is 0 Å². The Bertz CT molecular complexity index is 202. The Morgan fingerprint density at radius 1 is 1.54 bits per heavy atom. The SMILES string of the molecule is C=CCOC(=O)C(CI)C(=O)OC. The average Bonchev–Trinajstić information content (AvgIpc) is 2.15. The molecule has 5 heteroatoms. The number of alkyl halides is 1. The minimum atomic E-state index is -0.828. The molecule has 0 rings (SSSR count). The molecule has 0 bridgehead atoms. The van der Waals surface area contributed by atoms with E-state index in [1.807, 2.05) is 22.6 Å². The highest BCUT2D eigenvalue weighted by atomic mass is 127. The topological polar surface area (TPSA) is 52.6 Å². The second-order valence-electron chi connectivity index (χ2n) is 2.15. The van der Waals surface area contributed by atoms with Crippen molar-refractivity contribution in [2.45, 2.75) is 0 Å². The Hall–Kier alpha value is -0.590. The lowest BCUT2D eigenvalue weighted by atomic mass is 10.2. The zero-order valence-electron chi connectivity index (χ0n) is 7.29. The van der Waals surface area contributed by atoms with Gasteiger partial charge in [0, 0.05) is 4.43 Å². The van der Waals surface area contributed by atoms with Gasteiger partial charge in [0.1, 0.15) is 6.61 Å². The first-order valence-electron chi connectivity index (χ1n) is 3.58. The maximum atomic E-state index is 11.2. The number of hydrogen-bond acceptors (Lipinski definition) is 4. The second kappa shape index (κ2) is 6.88. The Morgan fingerprint density at radius 3 is 2.54 bits per heavy atom. The minimum Gasteiger partial charge on any atom is -0.468 e. The van der Waals surface area contributed by atoms with Crippen molar-refractivity contribution in [1.29, 1.82) is 0 Å². The van der Waals surface area contributed by atoms with Crippen LogP contribution >= 0.6 is 22.6 Å². The van der Waals surface area contributed by atoms with Gasteiger partial charge in [-0.3, -0.25) is 9.59 Å². The number of rotatable bonds is 5. The maximum Gasteiger partial charge on any atom is 0.321 e. The number of carbonyl (C=O) groups is 2. The minimum absolute atomic E-state index is 0.114. The molecule has 74 valence electrons. The third-order valence-electron chi connectivity index (χ3n) is 1.27. The summed E-state index contributed by atoms with van der Waals surface area (Å²) >= 11 is 1.93. The van der Waals surface area contributed by atoms with Gasteiger partial charge in [-0.25, -0.2) is 0 Å². The van der Waals surface area contributed by atoms with Gasteiger partial charge in [-0.1, -0.05) is 35.2 Å². The van der Waals surface area contributed by atoms with E-state index in [0.29, 0.717) is 4.43 Å². The molecule has 0 aliphatic heterocycles. The van der Waals surface area contributed by atoms with E-state index in [-0.39, 0.29) is 6.61 Å². The Labute approximate surface area is 90.4 Å². The first-order chi connectivity index (χ1) is 6.17. The van der Waals surface area contributed by atoms with Crippen LogP contribution < -0.4 is 0 Å². The average molecular weight is 298 g/mol. The summed E-state index contributed by atoms with van der Waals surface area (Å²) in [5.74, 6) is -1.96. The number of halogens is 1. The molecule has 1 atom stereocenters. The quantitative estimate of drug-likeness (QED) is 0.249. The molecule has 0 aromatic carbocycles. The molecule has 0 aromatic heterocycles. The van der Waals surface area contributed by atoms with E-state index in [1.54, 1.807) is 0 Å². The van der Waals surface area contributed by atoms with Gasteiger partial charge < -0.3 is 9.47 Å². The van der Waals surface area contributed by atoms with Crippen LogP contribution in [-0.4, -0.2) is 30.1 Å². The van der Waals surface area contributed by atoms with Crippen molar-refractivity contribution in [2.75, 3.05) is 18.1 Å². The van der Waals surface area contributed by atoms with Crippen LogP contribution in [0.15, 0.2) is 12.7 Å². The van der Waals surface area contributed by atoms with Crippen LogP contribution in [0, 0.1) is 5.92 Å². The van der Waals surface area contributed by atoms with E-state index in [1.165, 1.54) is 13.2 Å². The number of carbonyl (C=O) groups excluding carboxylic acids is 2. The van der Waals surface area contributed by atoms with Crippen LogP contribution in [0.1, 0.15) is 0 Å². The van der Waals surface area contributed by atoms with Gasteiger partial charge in [0.15, 0.2) is 5.92 Å². The zero-order valence-corrected chi connectivity index (χ0v) is 9.44. The molecule has 0 aromatic rings. The second-order valence-corrected chi connectivity index (χ2v) is 3.03. The fourth-order valence-corrected chi connectivity index (χ4v) is 1.33. The highest BCUT2D eigenvalue weighted by molar-refractivity contribution is 14.1. The van der Waals surface area contributed by atoms with Crippen molar-refractivity contribution < 1.29 is 19.1 Å². The van der Waals surface area contributed by atoms with Crippen LogP contribution in [0.3, 0.4) is 0 Å². The van der Waals surface area contributed by atoms with Crippen LogP contribution in [-0.2, 0) is 19.1 Å². The molecule has 0 radical (unpaired) electrons. The van der Waals surface area contributed by atoms with Crippen molar-refractivity contribution in [3.63, 3.8) is 0 Å². The van der Waals surface area contributed by atoms with Crippen LogP contribution in [0.4, 0.5) is 0 Å². The summed E-state index contributed by atoms with van der Waals surface area (Å²) < 4.78 is 9.49. The van der Waals surface area contributed by atoms with Gasteiger partial charge in [0.25, 0.3) is 0 Å². The fourth-order valence-electron chi connectivity index (χ4n) is 0.606.